The van der Waals surface area contributed by atoms with Gasteiger partial charge in [-0.05, 0) is 47.5 Å². The van der Waals surface area contributed by atoms with E-state index in [1.54, 1.807) is 12.1 Å². The van der Waals surface area contributed by atoms with Gasteiger partial charge in [-0.1, -0.05) is 12.2 Å². The van der Waals surface area contributed by atoms with Crippen molar-refractivity contribution < 1.29 is 29.3 Å². The largest absolute Gasteiger partial charge is 0.508 e. The van der Waals surface area contributed by atoms with Gasteiger partial charge >= 0.3 is 0 Å². The fraction of sp³-hybridized carbons (Fsp3) is 0.143. The number of ketones is 2. The van der Waals surface area contributed by atoms with E-state index >= 15 is 0 Å². The maximum atomic E-state index is 11.9. The van der Waals surface area contributed by atoms with Crippen LogP contribution in [0.3, 0.4) is 0 Å². The maximum absolute atomic E-state index is 11.9. The Balaban J connectivity index is 1.98. The number of carbonyl (C=O) groups is 2. The summed E-state index contributed by atoms with van der Waals surface area (Å²) in [7, 11) is 2.95. The van der Waals surface area contributed by atoms with Gasteiger partial charge in [0.15, 0.2) is 11.6 Å². The number of benzene rings is 2. The molecular weight excluding hydrogens is 348 g/mol. The van der Waals surface area contributed by atoms with Gasteiger partial charge in [0.05, 0.1) is 20.6 Å². The van der Waals surface area contributed by atoms with E-state index in [2.05, 4.69) is 0 Å². The monoisotopic (exact) mass is 368 g/mol. The smallest absolute Gasteiger partial charge is 0.163 e. The average Bonchev–Trinajstić information content (AvgIpc) is 2.63. The summed E-state index contributed by atoms with van der Waals surface area (Å²) in [5, 5.41) is 19.2. The number of hydrogen-bond donors (Lipinski definition) is 2. The predicted octanol–water partition coefficient (Wildman–Crippen LogP) is 3.37. The van der Waals surface area contributed by atoms with Crippen LogP contribution < -0.4 is 9.47 Å². The van der Waals surface area contributed by atoms with Gasteiger partial charge in [-0.15, -0.1) is 0 Å². The van der Waals surface area contributed by atoms with E-state index < -0.39 is 0 Å². The minimum absolute atomic E-state index is 0.0157. The topological polar surface area (TPSA) is 93.1 Å². The predicted molar refractivity (Wildman–Crippen MR) is 102 cm³/mol. The number of aromatic hydroxyl groups is 2. The summed E-state index contributed by atoms with van der Waals surface area (Å²) >= 11 is 0. The number of carbonyl (C=O) groups excluding carboxylic acids is 2. The molecule has 0 radical (unpaired) electrons. The van der Waals surface area contributed by atoms with Gasteiger partial charge in [0.2, 0.25) is 0 Å². The number of rotatable bonds is 8. The Morgan fingerprint density at radius 3 is 1.56 bits per heavy atom. The lowest BCUT2D eigenvalue weighted by Crippen LogP contribution is -2.01. The number of allylic oxidation sites excluding steroid dienone is 2. The van der Waals surface area contributed by atoms with E-state index in [-0.39, 0.29) is 29.5 Å². The standard InChI is InChI=1S/C21H20O6/c1-26-20-9-14(7-18(24)12-20)3-5-16(22)11-17(23)6-4-15-8-19(25)13-21(10-15)27-2/h3-10,12-13,24-25H,11H2,1-2H3. The maximum Gasteiger partial charge on any atom is 0.163 e. The Bertz CT molecular complexity index is 822. The number of ether oxygens (including phenoxy) is 2. The van der Waals surface area contributed by atoms with Gasteiger partial charge < -0.3 is 19.7 Å². The SMILES string of the molecule is COc1cc(O)cc(C=CC(=O)CC(=O)C=Cc2cc(O)cc(OC)c2)c1. The fourth-order valence-corrected chi connectivity index (χ4v) is 2.31. The average molecular weight is 368 g/mol. The molecule has 2 aromatic rings. The summed E-state index contributed by atoms with van der Waals surface area (Å²) in [6, 6.07) is 9.15. The molecule has 140 valence electrons. The van der Waals surface area contributed by atoms with Gasteiger partial charge in [0.25, 0.3) is 0 Å². The zero-order valence-corrected chi connectivity index (χ0v) is 15.0. The first kappa shape index (κ1) is 19.8. The third kappa shape index (κ3) is 6.36. The molecule has 6 heteroatoms. The van der Waals surface area contributed by atoms with Crippen LogP contribution in [-0.2, 0) is 9.59 Å². The molecule has 0 fully saturated rings. The molecule has 0 unspecified atom stereocenters. The van der Waals surface area contributed by atoms with Gasteiger partial charge in [-0.3, -0.25) is 9.59 Å². The summed E-state index contributed by atoms with van der Waals surface area (Å²) in [4.78, 5) is 23.9. The van der Waals surface area contributed by atoms with Crippen LogP contribution in [0.2, 0.25) is 0 Å². The van der Waals surface area contributed by atoms with Crippen molar-refractivity contribution in [2.75, 3.05) is 14.2 Å². The van der Waals surface area contributed by atoms with Crippen LogP contribution in [-0.4, -0.2) is 36.0 Å². The second-order valence-corrected chi connectivity index (χ2v) is 5.70. The normalized spacial score (nSPS) is 11.0. The third-order valence-electron chi connectivity index (χ3n) is 3.57. The first-order valence-electron chi connectivity index (χ1n) is 8.07. The molecule has 0 atom stereocenters. The summed E-state index contributed by atoms with van der Waals surface area (Å²) in [5.74, 6) is 0.204. The van der Waals surface area contributed by atoms with Crippen LogP contribution in [0.25, 0.3) is 12.2 Å². The minimum Gasteiger partial charge on any atom is -0.508 e. The Morgan fingerprint density at radius 1 is 0.778 bits per heavy atom. The number of phenolic OH excluding ortho intramolecular Hbond substituents is 2. The van der Waals surface area contributed by atoms with Gasteiger partial charge in [0.1, 0.15) is 23.0 Å². The Hall–Kier alpha value is -3.54. The van der Waals surface area contributed by atoms with Gasteiger partial charge in [-0.25, -0.2) is 0 Å². The van der Waals surface area contributed by atoms with E-state index in [9.17, 15) is 19.8 Å². The summed E-state index contributed by atoms with van der Waals surface area (Å²) < 4.78 is 10.1. The summed E-state index contributed by atoms with van der Waals surface area (Å²) in [6.07, 6.45) is 5.26. The zero-order valence-electron chi connectivity index (χ0n) is 15.0. The summed E-state index contributed by atoms with van der Waals surface area (Å²) in [5.41, 5.74) is 1.16. The van der Waals surface area contributed by atoms with Crippen molar-refractivity contribution in [1.29, 1.82) is 0 Å². The molecule has 2 aromatic carbocycles. The molecule has 0 spiro atoms. The molecule has 0 aliphatic heterocycles. The van der Waals surface area contributed by atoms with Crippen LogP contribution >= 0.6 is 0 Å². The van der Waals surface area contributed by atoms with Crippen molar-refractivity contribution in [3.05, 3.63) is 59.7 Å². The van der Waals surface area contributed by atoms with Crippen LogP contribution in [0.15, 0.2) is 48.6 Å². The first-order valence-corrected chi connectivity index (χ1v) is 8.07. The highest BCUT2D eigenvalue weighted by molar-refractivity contribution is 6.10. The van der Waals surface area contributed by atoms with E-state index in [1.807, 2.05) is 0 Å². The van der Waals surface area contributed by atoms with Crippen LogP contribution in [0.5, 0.6) is 23.0 Å². The van der Waals surface area contributed by atoms with Crippen molar-refractivity contribution in [3.63, 3.8) is 0 Å². The lowest BCUT2D eigenvalue weighted by atomic mass is 10.1. The molecule has 2 rings (SSSR count). The second kappa shape index (κ2) is 9.24. The number of hydrogen-bond acceptors (Lipinski definition) is 6. The van der Waals surface area contributed by atoms with Crippen LogP contribution in [0.4, 0.5) is 0 Å². The Labute approximate surface area is 157 Å². The molecule has 0 saturated carbocycles. The van der Waals surface area contributed by atoms with Gasteiger partial charge in [-0.2, -0.15) is 0 Å². The third-order valence-corrected chi connectivity index (χ3v) is 3.57. The molecule has 0 aromatic heterocycles. The van der Waals surface area contributed by atoms with Crippen molar-refractivity contribution in [2.24, 2.45) is 0 Å². The van der Waals surface area contributed by atoms with Crippen LogP contribution in [0, 0.1) is 0 Å². The fourth-order valence-electron chi connectivity index (χ4n) is 2.31. The highest BCUT2D eigenvalue weighted by Crippen LogP contribution is 2.23. The molecule has 0 bridgehead atoms. The molecule has 2 N–H and O–H groups in total. The van der Waals surface area contributed by atoms with E-state index in [0.29, 0.717) is 22.6 Å². The van der Waals surface area contributed by atoms with E-state index in [0.717, 1.165) is 0 Å². The van der Waals surface area contributed by atoms with E-state index in [4.69, 9.17) is 9.47 Å². The molecule has 0 heterocycles. The lowest BCUT2D eigenvalue weighted by Gasteiger charge is -2.02. The first-order chi connectivity index (χ1) is 12.9. The highest BCUT2D eigenvalue weighted by atomic mass is 16.5. The number of methoxy groups -OCH3 is 2. The van der Waals surface area contributed by atoms with Crippen molar-refractivity contribution in [1.82, 2.24) is 0 Å². The number of phenols is 2. The van der Waals surface area contributed by atoms with Crippen molar-refractivity contribution >= 4 is 23.7 Å². The molecule has 27 heavy (non-hydrogen) atoms. The minimum atomic E-state index is -0.375. The highest BCUT2D eigenvalue weighted by Gasteiger charge is 2.05. The second-order valence-electron chi connectivity index (χ2n) is 5.70. The van der Waals surface area contributed by atoms with Crippen molar-refractivity contribution in [3.8, 4) is 23.0 Å². The van der Waals surface area contributed by atoms with E-state index in [1.165, 1.54) is 62.8 Å². The van der Waals surface area contributed by atoms with Crippen molar-refractivity contribution in [2.45, 2.75) is 6.42 Å². The molecule has 6 nitrogen and oxygen atoms in total. The molecular formula is C21H20O6. The quantitative estimate of drug-likeness (QED) is 0.548. The lowest BCUT2D eigenvalue weighted by molar-refractivity contribution is -0.121. The van der Waals surface area contributed by atoms with Crippen LogP contribution in [0.1, 0.15) is 17.5 Å². The summed E-state index contributed by atoms with van der Waals surface area (Å²) in [6.45, 7) is 0. The molecule has 0 aliphatic rings. The molecule has 0 amide bonds. The zero-order chi connectivity index (χ0) is 19.8. The van der Waals surface area contributed by atoms with Gasteiger partial charge in [0, 0.05) is 12.1 Å². The molecule has 0 saturated heterocycles. The molecule has 0 aliphatic carbocycles. The Morgan fingerprint density at radius 2 is 1.19 bits per heavy atom. The Kier molecular flexibility index (Phi) is 6.77.